The molecule has 2 saturated heterocycles. The van der Waals surface area contributed by atoms with Crippen molar-refractivity contribution in [2.75, 3.05) is 32.7 Å². The van der Waals surface area contributed by atoms with Crippen molar-refractivity contribution in [2.45, 2.75) is 38.1 Å². The summed E-state index contributed by atoms with van der Waals surface area (Å²) in [5.74, 6) is 0. The van der Waals surface area contributed by atoms with E-state index in [1.54, 1.807) is 5.56 Å². The van der Waals surface area contributed by atoms with Crippen LogP contribution in [0.5, 0.6) is 0 Å². The Balaban J connectivity index is 1.33. The first-order valence-corrected chi connectivity index (χ1v) is 9.69. The van der Waals surface area contributed by atoms with E-state index in [1.807, 2.05) is 11.3 Å². The third-order valence-electron chi connectivity index (χ3n) is 5.41. The first-order chi connectivity index (χ1) is 10.9. The number of piperidine rings is 1. The van der Waals surface area contributed by atoms with Crippen LogP contribution in [0, 0.1) is 0 Å². The molecule has 3 heterocycles. The highest BCUT2D eigenvalue weighted by Crippen LogP contribution is 2.27. The molecule has 1 aromatic carbocycles. The zero-order chi connectivity index (χ0) is 14.8. The molecule has 0 saturated carbocycles. The Hall–Kier alpha value is -0.900. The Morgan fingerprint density at radius 1 is 1.05 bits per heavy atom. The summed E-state index contributed by atoms with van der Waals surface area (Å²) >= 11 is 1.89. The number of nitrogens with zero attached hydrogens (tertiary/aromatic N) is 2. The van der Waals surface area contributed by atoms with Gasteiger partial charge in [-0.1, -0.05) is 24.6 Å². The lowest BCUT2D eigenvalue weighted by molar-refractivity contribution is 0.162. The number of rotatable bonds is 4. The number of thiophene rings is 1. The van der Waals surface area contributed by atoms with E-state index in [9.17, 15) is 0 Å². The molecule has 22 heavy (non-hydrogen) atoms. The van der Waals surface area contributed by atoms with Gasteiger partial charge >= 0.3 is 0 Å². The van der Waals surface area contributed by atoms with Crippen LogP contribution in [0.3, 0.4) is 0 Å². The quantitative estimate of drug-likeness (QED) is 0.841. The lowest BCUT2D eigenvalue weighted by atomic mass is 10.1. The molecular formula is C19H26N2S. The second kappa shape index (κ2) is 6.69. The molecule has 1 aromatic heterocycles. The fraction of sp³-hybridized carbons (Fsp3) is 0.579. The van der Waals surface area contributed by atoms with E-state index in [1.165, 1.54) is 74.9 Å². The molecule has 0 N–H and O–H groups in total. The first-order valence-electron chi connectivity index (χ1n) is 8.82. The molecule has 0 aliphatic carbocycles. The van der Waals surface area contributed by atoms with Gasteiger partial charge in [0.25, 0.3) is 0 Å². The normalized spacial score (nSPS) is 24.3. The van der Waals surface area contributed by atoms with Gasteiger partial charge in [0.15, 0.2) is 0 Å². The van der Waals surface area contributed by atoms with Gasteiger partial charge in [0, 0.05) is 23.8 Å². The largest absolute Gasteiger partial charge is 0.301 e. The zero-order valence-corrected chi connectivity index (χ0v) is 14.2. The molecule has 2 nitrogen and oxygen atoms in total. The van der Waals surface area contributed by atoms with E-state index in [0.29, 0.717) is 0 Å². The molecule has 0 radical (unpaired) electrons. The molecule has 118 valence electrons. The van der Waals surface area contributed by atoms with Crippen molar-refractivity contribution in [3.05, 3.63) is 35.2 Å². The Morgan fingerprint density at radius 2 is 1.91 bits per heavy atom. The lowest BCUT2D eigenvalue weighted by Crippen LogP contribution is -2.41. The minimum atomic E-state index is 0.833. The fourth-order valence-corrected chi connectivity index (χ4v) is 5.10. The van der Waals surface area contributed by atoms with Crippen LogP contribution < -0.4 is 0 Å². The van der Waals surface area contributed by atoms with Crippen LogP contribution in [-0.2, 0) is 6.42 Å². The van der Waals surface area contributed by atoms with Gasteiger partial charge in [-0.05, 0) is 67.7 Å². The van der Waals surface area contributed by atoms with Crippen LogP contribution >= 0.6 is 11.3 Å². The number of fused-ring (bicyclic) bond motifs is 1. The summed E-state index contributed by atoms with van der Waals surface area (Å²) in [4.78, 5) is 5.44. The number of likely N-dealkylation sites (tertiary alicyclic amines) is 2. The molecule has 2 fully saturated rings. The SMILES string of the molecule is c1ccc2c(CCN3CCC(N4CCCCC4)C3)csc2c1. The third kappa shape index (κ3) is 3.08. The Labute approximate surface area is 137 Å². The highest BCUT2D eigenvalue weighted by atomic mass is 32.1. The van der Waals surface area contributed by atoms with Crippen molar-refractivity contribution in [3.8, 4) is 0 Å². The molecule has 0 bridgehead atoms. The highest BCUT2D eigenvalue weighted by molar-refractivity contribution is 7.17. The van der Waals surface area contributed by atoms with Crippen molar-refractivity contribution in [1.29, 1.82) is 0 Å². The molecule has 4 rings (SSSR count). The molecule has 1 unspecified atom stereocenters. The maximum absolute atomic E-state index is 2.75. The van der Waals surface area contributed by atoms with Gasteiger partial charge in [-0.25, -0.2) is 0 Å². The van der Waals surface area contributed by atoms with E-state index in [2.05, 4.69) is 39.4 Å². The average molecular weight is 314 g/mol. The van der Waals surface area contributed by atoms with Gasteiger partial charge in [-0.2, -0.15) is 0 Å². The number of hydrogen-bond acceptors (Lipinski definition) is 3. The van der Waals surface area contributed by atoms with Gasteiger partial charge in [0.05, 0.1) is 0 Å². The molecule has 2 aliphatic heterocycles. The summed E-state index contributed by atoms with van der Waals surface area (Å²) < 4.78 is 1.44. The number of benzene rings is 1. The lowest BCUT2D eigenvalue weighted by Gasteiger charge is -2.32. The predicted molar refractivity (Wildman–Crippen MR) is 95.8 cm³/mol. The Bertz CT molecular complexity index is 615. The summed E-state index contributed by atoms with van der Waals surface area (Å²) in [6.07, 6.45) is 6.86. The Kier molecular flexibility index (Phi) is 4.47. The van der Waals surface area contributed by atoms with Crippen LogP contribution in [0.2, 0.25) is 0 Å². The molecule has 1 atom stereocenters. The van der Waals surface area contributed by atoms with Crippen molar-refractivity contribution in [2.24, 2.45) is 0 Å². The molecule has 2 aromatic rings. The van der Waals surface area contributed by atoms with Gasteiger partial charge < -0.3 is 4.90 Å². The minimum Gasteiger partial charge on any atom is -0.301 e. The van der Waals surface area contributed by atoms with Gasteiger partial charge in [0.2, 0.25) is 0 Å². The van der Waals surface area contributed by atoms with Gasteiger partial charge in [-0.15, -0.1) is 11.3 Å². The summed E-state index contributed by atoms with van der Waals surface area (Å²) in [6.45, 7) is 6.50. The summed E-state index contributed by atoms with van der Waals surface area (Å²) in [5.41, 5.74) is 1.54. The summed E-state index contributed by atoms with van der Waals surface area (Å²) in [7, 11) is 0. The van der Waals surface area contributed by atoms with Gasteiger partial charge in [0.1, 0.15) is 0 Å². The summed E-state index contributed by atoms with van der Waals surface area (Å²) in [5, 5.41) is 3.84. The molecule has 0 amide bonds. The topological polar surface area (TPSA) is 6.48 Å². The Morgan fingerprint density at radius 3 is 2.82 bits per heavy atom. The second-order valence-corrected chi connectivity index (χ2v) is 7.76. The predicted octanol–water partition coefficient (Wildman–Crippen LogP) is 4.00. The highest BCUT2D eigenvalue weighted by Gasteiger charge is 2.28. The smallest absolute Gasteiger partial charge is 0.0345 e. The molecule has 3 heteroatoms. The van der Waals surface area contributed by atoms with Crippen molar-refractivity contribution < 1.29 is 0 Å². The van der Waals surface area contributed by atoms with E-state index >= 15 is 0 Å². The molecule has 0 spiro atoms. The fourth-order valence-electron chi connectivity index (χ4n) is 4.10. The van der Waals surface area contributed by atoms with Crippen molar-refractivity contribution in [3.63, 3.8) is 0 Å². The maximum atomic E-state index is 2.75. The van der Waals surface area contributed by atoms with E-state index in [0.717, 1.165) is 6.04 Å². The standard InChI is InChI=1S/C19H26N2S/c1-4-10-21(11-5-1)17-9-13-20(14-17)12-8-16-15-22-19-7-3-2-6-18(16)19/h2-3,6-7,15,17H,1,4-5,8-14H2. The monoisotopic (exact) mass is 314 g/mol. The van der Waals surface area contributed by atoms with E-state index in [-0.39, 0.29) is 0 Å². The minimum absolute atomic E-state index is 0.833. The third-order valence-corrected chi connectivity index (χ3v) is 6.43. The van der Waals surface area contributed by atoms with Crippen LogP contribution in [0.4, 0.5) is 0 Å². The first kappa shape index (κ1) is 14.7. The van der Waals surface area contributed by atoms with Crippen molar-refractivity contribution >= 4 is 21.4 Å². The van der Waals surface area contributed by atoms with E-state index in [4.69, 9.17) is 0 Å². The maximum Gasteiger partial charge on any atom is 0.0345 e. The average Bonchev–Trinajstić information content (AvgIpc) is 3.21. The van der Waals surface area contributed by atoms with Crippen LogP contribution in [0.15, 0.2) is 29.6 Å². The van der Waals surface area contributed by atoms with E-state index < -0.39 is 0 Å². The number of hydrogen-bond donors (Lipinski definition) is 0. The summed E-state index contributed by atoms with van der Waals surface area (Å²) in [6, 6.07) is 9.67. The second-order valence-electron chi connectivity index (χ2n) is 6.85. The van der Waals surface area contributed by atoms with Gasteiger partial charge in [-0.3, -0.25) is 4.90 Å². The van der Waals surface area contributed by atoms with Crippen LogP contribution in [-0.4, -0.2) is 48.6 Å². The molecule has 2 aliphatic rings. The van der Waals surface area contributed by atoms with Crippen LogP contribution in [0.25, 0.3) is 10.1 Å². The van der Waals surface area contributed by atoms with Crippen molar-refractivity contribution in [1.82, 2.24) is 9.80 Å². The zero-order valence-electron chi connectivity index (χ0n) is 13.3. The molecular weight excluding hydrogens is 288 g/mol. The van der Waals surface area contributed by atoms with Crippen LogP contribution in [0.1, 0.15) is 31.2 Å².